The van der Waals surface area contributed by atoms with Crippen molar-refractivity contribution in [2.75, 3.05) is 27.2 Å². The van der Waals surface area contributed by atoms with E-state index >= 15 is 8.78 Å². The number of rotatable bonds is 15. The van der Waals surface area contributed by atoms with Crippen molar-refractivity contribution in [2.24, 2.45) is 5.92 Å². The summed E-state index contributed by atoms with van der Waals surface area (Å²) in [5.74, 6) is -2.37. The lowest BCUT2D eigenvalue weighted by Crippen LogP contribution is -2.56. The van der Waals surface area contributed by atoms with Gasteiger partial charge in [-0.2, -0.15) is 0 Å². The molecule has 4 amide bonds. The van der Waals surface area contributed by atoms with Crippen molar-refractivity contribution in [3.63, 3.8) is 0 Å². The zero-order valence-electron chi connectivity index (χ0n) is 36.3. The van der Waals surface area contributed by atoms with Gasteiger partial charge in [0.2, 0.25) is 23.6 Å². The molecule has 2 aromatic carbocycles. The van der Waals surface area contributed by atoms with Gasteiger partial charge in [0.05, 0.1) is 41.6 Å². The van der Waals surface area contributed by atoms with Gasteiger partial charge in [-0.3, -0.25) is 19.2 Å². The molecular weight excluding hydrogens is 802 g/mol. The Balaban J connectivity index is 1.27. The summed E-state index contributed by atoms with van der Waals surface area (Å²) >= 11 is 0. The fourth-order valence-corrected chi connectivity index (χ4v) is 9.87. The first-order valence-electron chi connectivity index (χ1n) is 22.2. The van der Waals surface area contributed by atoms with Crippen LogP contribution in [-0.2, 0) is 32.0 Å². The Morgan fingerprint density at radius 1 is 0.806 bits per heavy atom. The number of amides is 4. The standard InChI is InChI=1S/C46H61F3N8O5/c1-6-37(53-43(59)24(2)50-4)45(61)56-22-28(48)17-29(56)20-34-32-16-15-27(47)18-38(32)52-41(34)42-35(33-13-10-14-36(49)40(33)54-42)21-30-19-31(58)23-57(30)46(62)39(26-11-8-7-9-12-26)55-44(60)25(3)51-5/h10,13-16,18,24-26,28-31,37,39,50-52,54,58H,6-9,11-12,17,19-23H2,1-5H3,(H,53,59)(H,55,60)/t24-,25-,28-,29-,30-,31-,37-,39-/m0/s1. The number of halogens is 3. The topological polar surface area (TPSA) is 175 Å². The number of fused-ring (bicyclic) bond motifs is 2. The van der Waals surface area contributed by atoms with Gasteiger partial charge in [0, 0.05) is 41.3 Å². The number of carbonyl (C=O) groups is 4. The molecule has 4 aromatic rings. The van der Waals surface area contributed by atoms with Crippen molar-refractivity contribution in [1.29, 1.82) is 0 Å². The Morgan fingerprint density at radius 3 is 2.11 bits per heavy atom. The average molecular weight is 863 g/mol. The number of likely N-dealkylation sites (N-methyl/N-ethyl adjacent to an activating group) is 2. The molecule has 7 N–H and O–H groups in total. The molecule has 0 radical (unpaired) electrons. The number of likely N-dealkylation sites (tertiary alicyclic amines) is 2. The van der Waals surface area contributed by atoms with Crippen LogP contribution in [0.3, 0.4) is 0 Å². The number of benzene rings is 2. The zero-order valence-corrected chi connectivity index (χ0v) is 36.3. The minimum absolute atomic E-state index is 0.0351. The first kappa shape index (κ1) is 45.1. The van der Waals surface area contributed by atoms with E-state index in [0.29, 0.717) is 45.2 Å². The summed E-state index contributed by atoms with van der Waals surface area (Å²) in [4.78, 5) is 64.7. The van der Waals surface area contributed by atoms with Gasteiger partial charge in [-0.15, -0.1) is 0 Å². The molecule has 3 fully saturated rings. The summed E-state index contributed by atoms with van der Waals surface area (Å²) in [6.07, 6.45) is 3.31. The van der Waals surface area contributed by atoms with Crippen LogP contribution in [0.4, 0.5) is 13.2 Å². The van der Waals surface area contributed by atoms with Gasteiger partial charge in [0.1, 0.15) is 29.9 Å². The SMILES string of the molecule is CC[C@H](NC(=O)[C@H](C)NC)C(=O)N1C[C@@H](F)C[C@H]1Cc1c(-c2[nH]c3c(F)cccc3c2C[C@@H]2C[C@H](O)CN2C(=O)[C@@H](NC(=O)[C@H](C)NC)C2CCCCC2)[nH]c2cc(F)ccc12. The summed E-state index contributed by atoms with van der Waals surface area (Å²) in [6, 6.07) is 5.16. The normalized spacial score (nSPS) is 22.9. The number of nitrogens with zero attached hydrogens (tertiary/aromatic N) is 2. The van der Waals surface area contributed by atoms with E-state index < -0.39 is 66.1 Å². The van der Waals surface area contributed by atoms with Crippen molar-refractivity contribution in [3.8, 4) is 11.4 Å². The largest absolute Gasteiger partial charge is 0.391 e. The minimum Gasteiger partial charge on any atom is -0.391 e. The van der Waals surface area contributed by atoms with E-state index in [1.807, 2.05) is 0 Å². The molecule has 8 atom stereocenters. The van der Waals surface area contributed by atoms with Crippen LogP contribution in [0.15, 0.2) is 36.4 Å². The molecule has 336 valence electrons. The summed E-state index contributed by atoms with van der Waals surface area (Å²) in [5, 5.41) is 24.0. The summed E-state index contributed by atoms with van der Waals surface area (Å²) in [6.45, 7) is 5.10. The van der Waals surface area contributed by atoms with Crippen LogP contribution in [0.5, 0.6) is 0 Å². The minimum atomic E-state index is -1.32. The van der Waals surface area contributed by atoms with E-state index in [-0.39, 0.29) is 67.9 Å². The smallest absolute Gasteiger partial charge is 0.245 e. The zero-order chi connectivity index (χ0) is 44.4. The maximum atomic E-state index is 15.8. The molecule has 7 rings (SSSR count). The second-order valence-corrected chi connectivity index (χ2v) is 17.6. The second-order valence-electron chi connectivity index (χ2n) is 17.6. The lowest BCUT2D eigenvalue weighted by Gasteiger charge is -2.35. The van der Waals surface area contributed by atoms with Crippen molar-refractivity contribution < 1.29 is 37.5 Å². The van der Waals surface area contributed by atoms with Gasteiger partial charge in [-0.1, -0.05) is 38.3 Å². The molecule has 13 nitrogen and oxygen atoms in total. The number of H-pyrrole nitrogens is 2. The van der Waals surface area contributed by atoms with Crippen molar-refractivity contribution >= 4 is 45.4 Å². The molecule has 16 heteroatoms. The Hall–Kier alpha value is -4.93. The predicted molar refractivity (Wildman–Crippen MR) is 232 cm³/mol. The first-order valence-corrected chi connectivity index (χ1v) is 22.2. The summed E-state index contributed by atoms with van der Waals surface area (Å²) < 4.78 is 46.1. The lowest BCUT2D eigenvalue weighted by molar-refractivity contribution is -0.139. The van der Waals surface area contributed by atoms with E-state index in [0.717, 1.165) is 32.1 Å². The number of aliphatic hydroxyl groups excluding tert-OH is 1. The molecule has 0 unspecified atom stereocenters. The molecule has 1 saturated carbocycles. The number of alkyl halides is 1. The molecule has 1 aliphatic carbocycles. The van der Waals surface area contributed by atoms with Gasteiger partial charge in [0.15, 0.2) is 0 Å². The highest BCUT2D eigenvalue weighted by Gasteiger charge is 2.43. The molecule has 2 saturated heterocycles. The summed E-state index contributed by atoms with van der Waals surface area (Å²) in [5.41, 5.74) is 2.96. The molecular formula is C46H61F3N8O5. The van der Waals surface area contributed by atoms with Gasteiger partial charge in [0.25, 0.3) is 0 Å². The summed E-state index contributed by atoms with van der Waals surface area (Å²) in [7, 11) is 3.33. The second kappa shape index (κ2) is 19.2. The van der Waals surface area contributed by atoms with Crippen LogP contribution >= 0.6 is 0 Å². The van der Waals surface area contributed by atoms with Crippen molar-refractivity contribution in [3.05, 3.63) is 59.2 Å². The van der Waals surface area contributed by atoms with Crippen LogP contribution in [0, 0.1) is 17.6 Å². The number of nitrogens with one attached hydrogen (secondary N) is 6. The predicted octanol–water partition coefficient (Wildman–Crippen LogP) is 4.76. The lowest BCUT2D eigenvalue weighted by atomic mass is 9.83. The average Bonchev–Trinajstić information content (AvgIpc) is 4.03. The van der Waals surface area contributed by atoms with Crippen molar-refractivity contribution in [2.45, 2.75) is 134 Å². The third-order valence-corrected chi connectivity index (χ3v) is 13.6. The van der Waals surface area contributed by atoms with Gasteiger partial charge < -0.3 is 46.1 Å². The number of carbonyl (C=O) groups excluding carboxylic acids is 4. The van der Waals surface area contributed by atoms with Crippen LogP contribution in [0.2, 0.25) is 0 Å². The molecule has 3 aliphatic rings. The molecule has 2 aromatic heterocycles. The number of hydrogen-bond acceptors (Lipinski definition) is 7. The first-order chi connectivity index (χ1) is 29.7. The van der Waals surface area contributed by atoms with Crippen LogP contribution in [0.1, 0.15) is 83.3 Å². The number of hydrogen-bond donors (Lipinski definition) is 7. The number of β-amino-alcohol motifs (C(OH)–C–C–N with tert-alkyl or cyclic N) is 1. The monoisotopic (exact) mass is 862 g/mol. The Labute approximate surface area is 360 Å². The highest BCUT2D eigenvalue weighted by atomic mass is 19.1. The number of para-hydroxylation sites is 1. The van der Waals surface area contributed by atoms with E-state index in [1.54, 1.807) is 58.0 Å². The van der Waals surface area contributed by atoms with Crippen LogP contribution in [-0.4, -0.2) is 124 Å². The highest BCUT2D eigenvalue weighted by molar-refractivity contribution is 5.97. The van der Waals surface area contributed by atoms with E-state index in [2.05, 4.69) is 31.2 Å². The molecule has 0 bridgehead atoms. The van der Waals surface area contributed by atoms with Crippen LogP contribution in [0.25, 0.3) is 33.2 Å². The Bertz CT molecular complexity index is 2270. The van der Waals surface area contributed by atoms with Gasteiger partial charge >= 0.3 is 0 Å². The quantitative estimate of drug-likeness (QED) is 0.0903. The number of aromatic nitrogens is 2. The van der Waals surface area contributed by atoms with Gasteiger partial charge in [-0.25, -0.2) is 13.2 Å². The molecule has 62 heavy (non-hydrogen) atoms. The van der Waals surface area contributed by atoms with E-state index in [9.17, 15) is 28.7 Å². The van der Waals surface area contributed by atoms with Crippen molar-refractivity contribution in [1.82, 2.24) is 41.0 Å². The highest BCUT2D eigenvalue weighted by Crippen LogP contribution is 2.40. The molecule has 0 spiro atoms. The van der Waals surface area contributed by atoms with Gasteiger partial charge in [-0.05, 0) is 108 Å². The number of aromatic amines is 2. The third-order valence-electron chi connectivity index (χ3n) is 13.6. The maximum absolute atomic E-state index is 15.8. The van der Waals surface area contributed by atoms with Crippen LogP contribution < -0.4 is 21.3 Å². The van der Waals surface area contributed by atoms with E-state index in [4.69, 9.17) is 0 Å². The van der Waals surface area contributed by atoms with E-state index in [1.165, 1.54) is 23.1 Å². The fourth-order valence-electron chi connectivity index (χ4n) is 9.87. The Morgan fingerprint density at radius 2 is 1.44 bits per heavy atom. The maximum Gasteiger partial charge on any atom is 0.245 e. The molecule has 4 heterocycles. The third kappa shape index (κ3) is 9.23. The number of aliphatic hydroxyl groups is 1. The molecule has 2 aliphatic heterocycles. The fraction of sp³-hybridized carbons (Fsp3) is 0.565. The Kier molecular flexibility index (Phi) is 14.0.